The van der Waals surface area contributed by atoms with Gasteiger partial charge in [0.1, 0.15) is 13.2 Å². The minimum absolute atomic E-state index is 0. The summed E-state index contributed by atoms with van der Waals surface area (Å²) in [5.41, 5.74) is 14.1. The molecule has 196 valence electrons. The average molecular weight is 546 g/mol. The molecule has 3 heterocycles. The summed E-state index contributed by atoms with van der Waals surface area (Å²) in [4.78, 5) is 4.86. The number of hydrogen-bond donors (Lipinski definition) is 1. The molecule has 0 spiro atoms. The molecular formula is C31H32ClN3O2S. The number of halogens is 1. The van der Waals surface area contributed by atoms with E-state index in [2.05, 4.69) is 82.3 Å². The fourth-order valence-electron chi connectivity index (χ4n) is 4.94. The second-order valence-corrected chi connectivity index (χ2v) is 10.6. The van der Waals surface area contributed by atoms with Crippen LogP contribution in [0, 0.1) is 0 Å². The summed E-state index contributed by atoms with van der Waals surface area (Å²) in [7, 11) is 0. The van der Waals surface area contributed by atoms with Crippen molar-refractivity contribution in [2.45, 2.75) is 0 Å². The van der Waals surface area contributed by atoms with Crippen molar-refractivity contribution in [1.29, 1.82) is 0 Å². The summed E-state index contributed by atoms with van der Waals surface area (Å²) >= 11 is 1.81. The molecule has 2 saturated heterocycles. The molecule has 0 bridgehead atoms. The van der Waals surface area contributed by atoms with Gasteiger partial charge >= 0.3 is 0 Å². The standard InChI is InChI=1S/C31H31N3O2S.ClH/c32-27-7-1-24(2-8-27)30-21-26(23-3-9-28(10-4-23)33-13-17-35-18-14-33)22-31(37-30)25-5-11-29(12-6-25)34-15-19-36-20-16-34;/h1-12,21-22,32H,13-20H2;1H. The number of nitrogen functional groups attached to an aromatic ring is 1. The van der Waals surface area contributed by atoms with Crippen molar-refractivity contribution < 1.29 is 26.5 Å². The van der Waals surface area contributed by atoms with Gasteiger partial charge in [-0.15, -0.1) is 0 Å². The molecule has 2 fully saturated rings. The fourth-order valence-corrected chi connectivity index (χ4v) is 6.06. The third kappa shape index (κ3) is 6.00. The lowest BCUT2D eigenvalue weighted by molar-refractivity contribution is -0.547. The first kappa shape index (κ1) is 26.6. The first-order valence-electron chi connectivity index (χ1n) is 12.9. The summed E-state index contributed by atoms with van der Waals surface area (Å²) in [5.74, 6) is 0. The highest BCUT2D eigenvalue weighted by molar-refractivity contribution is 8.12. The first-order valence-corrected chi connectivity index (χ1v) is 13.7. The molecule has 2 aromatic carbocycles. The maximum atomic E-state index is 5.98. The maximum absolute atomic E-state index is 5.98. The lowest BCUT2D eigenvalue weighted by Gasteiger charge is -2.29. The van der Waals surface area contributed by atoms with Crippen LogP contribution in [-0.2, 0) is 9.47 Å². The predicted octanol–water partition coefficient (Wildman–Crippen LogP) is 2.14. The van der Waals surface area contributed by atoms with Gasteiger partial charge in [-0.3, -0.25) is 0 Å². The molecular weight excluding hydrogens is 514 g/mol. The summed E-state index contributed by atoms with van der Waals surface area (Å²) < 4.78 is 13.4. The molecule has 2 N–H and O–H groups in total. The van der Waals surface area contributed by atoms with Gasteiger partial charge in [0.15, 0.2) is 18.8 Å². The van der Waals surface area contributed by atoms with E-state index in [1.807, 2.05) is 23.9 Å². The van der Waals surface area contributed by atoms with Crippen molar-refractivity contribution in [2.24, 2.45) is 0 Å². The molecule has 7 heteroatoms. The molecule has 2 aromatic rings. The number of allylic oxidation sites excluding steroid dienone is 8. The highest BCUT2D eigenvalue weighted by Gasteiger charge is 2.20. The average Bonchev–Trinajstić information content (AvgIpc) is 2.98. The van der Waals surface area contributed by atoms with Gasteiger partial charge in [-0.05, 0) is 70.8 Å². The lowest BCUT2D eigenvalue weighted by Crippen LogP contribution is -3.00. The van der Waals surface area contributed by atoms with Gasteiger partial charge in [0.05, 0.1) is 13.2 Å². The molecule has 5 nitrogen and oxygen atoms in total. The topological polar surface area (TPSA) is 50.7 Å². The van der Waals surface area contributed by atoms with Crippen LogP contribution in [0.2, 0.25) is 0 Å². The third-order valence-electron chi connectivity index (χ3n) is 7.09. The smallest absolute Gasteiger partial charge is 0.200 e. The monoisotopic (exact) mass is 545 g/mol. The van der Waals surface area contributed by atoms with Crippen molar-refractivity contribution >= 4 is 39.3 Å². The van der Waals surface area contributed by atoms with Gasteiger partial charge in [-0.2, -0.15) is 0 Å². The van der Waals surface area contributed by atoms with Crippen molar-refractivity contribution in [3.05, 3.63) is 107 Å². The number of benzene rings is 2. The Hall–Kier alpha value is -3.03. The predicted molar refractivity (Wildman–Crippen MR) is 155 cm³/mol. The summed E-state index contributed by atoms with van der Waals surface area (Å²) in [6.45, 7) is 6.94. The maximum Gasteiger partial charge on any atom is 0.200 e. The normalized spacial score (nSPS) is 19.7. The quantitative estimate of drug-likeness (QED) is 0.473. The first-order chi connectivity index (χ1) is 18.2. The van der Waals surface area contributed by atoms with Crippen LogP contribution in [0.5, 0.6) is 0 Å². The number of hydrogen-bond acceptors (Lipinski definition) is 5. The van der Waals surface area contributed by atoms with Crippen LogP contribution < -0.4 is 23.0 Å². The van der Waals surface area contributed by atoms with Gasteiger partial charge in [0.2, 0.25) is 0 Å². The van der Waals surface area contributed by atoms with E-state index in [0.717, 1.165) is 58.3 Å². The number of thioether (sulfide) groups is 1. The molecule has 1 aliphatic carbocycles. The van der Waals surface area contributed by atoms with E-state index in [9.17, 15) is 0 Å². The Morgan fingerprint density at radius 3 is 2.05 bits per heavy atom. The molecule has 38 heavy (non-hydrogen) atoms. The van der Waals surface area contributed by atoms with Crippen molar-refractivity contribution in [3.8, 4) is 0 Å². The third-order valence-corrected chi connectivity index (χ3v) is 8.24. The van der Waals surface area contributed by atoms with Gasteiger partial charge in [-0.25, -0.2) is 4.58 Å². The Bertz CT molecular complexity index is 1320. The van der Waals surface area contributed by atoms with Crippen molar-refractivity contribution in [2.75, 3.05) is 63.2 Å². The molecule has 0 saturated carbocycles. The summed E-state index contributed by atoms with van der Waals surface area (Å²) in [6.07, 6.45) is 13.6. The molecule has 3 aliphatic heterocycles. The Morgan fingerprint density at radius 2 is 1.37 bits per heavy atom. The second kappa shape index (κ2) is 12.2. The Morgan fingerprint density at radius 1 is 0.737 bits per heavy atom. The molecule has 0 atom stereocenters. The van der Waals surface area contributed by atoms with E-state index in [-0.39, 0.29) is 12.4 Å². The fraction of sp³-hybridized carbons (Fsp3) is 0.258. The van der Waals surface area contributed by atoms with E-state index in [1.54, 1.807) is 0 Å². The van der Waals surface area contributed by atoms with Crippen LogP contribution in [0.25, 0.3) is 10.5 Å². The van der Waals surface area contributed by atoms with Crippen molar-refractivity contribution in [3.63, 3.8) is 0 Å². The number of ether oxygens (including phenoxy) is 2. The summed E-state index contributed by atoms with van der Waals surface area (Å²) in [6, 6.07) is 17.1. The van der Waals surface area contributed by atoms with E-state index >= 15 is 0 Å². The van der Waals surface area contributed by atoms with E-state index in [0.29, 0.717) is 0 Å². The summed E-state index contributed by atoms with van der Waals surface area (Å²) in [5, 5.41) is 0. The Balaban J connectivity index is 0.00000294. The zero-order chi connectivity index (χ0) is 25.0. The zero-order valence-electron chi connectivity index (χ0n) is 21.3. The van der Waals surface area contributed by atoms with Crippen LogP contribution in [0.15, 0.2) is 95.5 Å². The highest BCUT2D eigenvalue weighted by Crippen LogP contribution is 2.44. The van der Waals surface area contributed by atoms with Crippen LogP contribution in [0.4, 0.5) is 11.4 Å². The number of morpholine rings is 2. The van der Waals surface area contributed by atoms with E-state index < -0.39 is 0 Å². The molecule has 6 rings (SSSR count). The minimum atomic E-state index is 0. The SMILES string of the molecule is Nc1ccc(C2=CC(c3ccc(N4CCOCC4)cc3)=CC(=C3C=CC(=[N+]4CCOCC4)C=C3)S2)cc1.[Cl-]. The molecule has 0 amide bonds. The van der Waals surface area contributed by atoms with Crippen LogP contribution >= 0.6 is 11.8 Å². The molecule has 0 aromatic heterocycles. The van der Waals surface area contributed by atoms with E-state index in [1.165, 1.54) is 43.5 Å². The molecule has 0 unspecified atom stereocenters. The van der Waals surface area contributed by atoms with Crippen LogP contribution in [0.1, 0.15) is 11.1 Å². The Kier molecular flexibility index (Phi) is 8.55. The van der Waals surface area contributed by atoms with Crippen LogP contribution in [0.3, 0.4) is 0 Å². The van der Waals surface area contributed by atoms with Gasteiger partial charge in [0.25, 0.3) is 0 Å². The van der Waals surface area contributed by atoms with Crippen LogP contribution in [-0.4, -0.2) is 62.9 Å². The molecule has 4 aliphatic rings. The van der Waals surface area contributed by atoms with E-state index in [4.69, 9.17) is 15.2 Å². The van der Waals surface area contributed by atoms with Gasteiger partial charge < -0.3 is 32.5 Å². The van der Waals surface area contributed by atoms with Crippen molar-refractivity contribution in [1.82, 2.24) is 0 Å². The lowest BCUT2D eigenvalue weighted by atomic mass is 10.0. The second-order valence-electron chi connectivity index (χ2n) is 9.49. The number of nitrogens with two attached hydrogens (primary N) is 1. The molecule has 0 radical (unpaired) electrons. The largest absolute Gasteiger partial charge is 1.00 e. The number of rotatable bonds is 3. The number of anilines is 2. The zero-order valence-corrected chi connectivity index (χ0v) is 22.9. The minimum Gasteiger partial charge on any atom is -1.00 e. The Labute approximate surface area is 235 Å². The number of nitrogens with zero attached hydrogens (tertiary/aromatic N) is 2. The van der Waals surface area contributed by atoms with Gasteiger partial charge in [0, 0.05) is 46.4 Å². The van der Waals surface area contributed by atoms with Gasteiger partial charge in [-0.1, -0.05) is 36.0 Å². The highest BCUT2D eigenvalue weighted by atomic mass is 35.5.